The van der Waals surface area contributed by atoms with Gasteiger partial charge in [-0.1, -0.05) is 66.7 Å². The predicted octanol–water partition coefficient (Wildman–Crippen LogP) is 2.97. The fraction of sp³-hybridized carbons (Fsp3) is 0.188. The van der Waals surface area contributed by atoms with Gasteiger partial charge in [0.25, 0.3) is 0 Å². The Labute approximate surface area is 124 Å². The fourth-order valence-corrected chi connectivity index (χ4v) is 2.81. The highest BCUT2D eigenvalue weighted by Gasteiger charge is 2.15. The summed E-state index contributed by atoms with van der Waals surface area (Å²) in [5.74, 6) is -0.237. The highest BCUT2D eigenvalue weighted by atomic mass is 32.2. The van der Waals surface area contributed by atoms with E-state index in [1.165, 1.54) is 0 Å². The standard InChI is InChI=1S/C16H17NO3S/c1-2-21(19,20)12-16(17-18)15-10-8-14(9-11-15)13-6-4-3-5-7-13/h3-11,18H,2,12H2,1H3/b17-16-. The number of sulfone groups is 1. The minimum atomic E-state index is -3.23. The molecule has 1 N–H and O–H groups in total. The van der Waals surface area contributed by atoms with Crippen molar-refractivity contribution < 1.29 is 13.6 Å². The van der Waals surface area contributed by atoms with E-state index < -0.39 is 9.84 Å². The van der Waals surface area contributed by atoms with Crippen LogP contribution in [0, 0.1) is 0 Å². The molecule has 0 radical (unpaired) electrons. The van der Waals surface area contributed by atoms with Gasteiger partial charge in [0, 0.05) is 11.3 Å². The SMILES string of the molecule is CCS(=O)(=O)C/C(=N/O)c1ccc(-c2ccccc2)cc1. The molecule has 0 bridgehead atoms. The fourth-order valence-electron chi connectivity index (χ4n) is 1.97. The van der Waals surface area contributed by atoms with Gasteiger partial charge in [0.2, 0.25) is 0 Å². The van der Waals surface area contributed by atoms with E-state index in [1.54, 1.807) is 19.1 Å². The second kappa shape index (κ2) is 6.54. The molecule has 2 aromatic carbocycles. The lowest BCUT2D eigenvalue weighted by Gasteiger charge is -2.07. The molecular weight excluding hydrogens is 286 g/mol. The van der Waals surface area contributed by atoms with E-state index in [0.717, 1.165) is 11.1 Å². The highest BCUT2D eigenvalue weighted by Crippen LogP contribution is 2.19. The number of rotatable bonds is 5. The second-order valence-corrected chi connectivity index (χ2v) is 7.02. The summed E-state index contributed by atoms with van der Waals surface area (Å²) in [4.78, 5) is 0. The summed E-state index contributed by atoms with van der Waals surface area (Å²) in [5.41, 5.74) is 2.87. The highest BCUT2D eigenvalue weighted by molar-refractivity contribution is 7.92. The van der Waals surface area contributed by atoms with Crippen molar-refractivity contribution in [3.05, 3.63) is 60.2 Å². The van der Waals surface area contributed by atoms with Gasteiger partial charge in [0.15, 0.2) is 9.84 Å². The first-order chi connectivity index (χ1) is 10.1. The zero-order chi connectivity index (χ0) is 15.3. The van der Waals surface area contributed by atoms with Gasteiger partial charge in [-0.3, -0.25) is 0 Å². The van der Waals surface area contributed by atoms with Crippen LogP contribution in [0.25, 0.3) is 11.1 Å². The van der Waals surface area contributed by atoms with Gasteiger partial charge < -0.3 is 5.21 Å². The van der Waals surface area contributed by atoms with E-state index in [-0.39, 0.29) is 17.2 Å². The van der Waals surface area contributed by atoms with Crippen molar-refractivity contribution in [3.8, 4) is 11.1 Å². The molecule has 110 valence electrons. The number of oxime groups is 1. The van der Waals surface area contributed by atoms with Crippen LogP contribution in [-0.2, 0) is 9.84 Å². The van der Waals surface area contributed by atoms with Crippen molar-refractivity contribution in [2.75, 3.05) is 11.5 Å². The van der Waals surface area contributed by atoms with E-state index in [0.29, 0.717) is 5.56 Å². The molecule has 0 spiro atoms. The number of hydrogen-bond donors (Lipinski definition) is 1. The quantitative estimate of drug-likeness (QED) is 0.524. The summed E-state index contributed by atoms with van der Waals surface area (Å²) in [7, 11) is -3.23. The van der Waals surface area contributed by atoms with Crippen molar-refractivity contribution in [1.29, 1.82) is 0 Å². The van der Waals surface area contributed by atoms with Gasteiger partial charge in [-0.25, -0.2) is 8.42 Å². The molecule has 0 fully saturated rings. The lowest BCUT2D eigenvalue weighted by atomic mass is 10.0. The van der Waals surface area contributed by atoms with Gasteiger partial charge in [0.05, 0.1) is 5.75 Å². The largest absolute Gasteiger partial charge is 0.411 e. The molecule has 0 amide bonds. The number of benzene rings is 2. The Kier molecular flexibility index (Phi) is 4.75. The molecule has 0 aliphatic heterocycles. The van der Waals surface area contributed by atoms with Crippen LogP contribution in [0.4, 0.5) is 0 Å². The minimum Gasteiger partial charge on any atom is -0.411 e. The normalized spacial score (nSPS) is 12.3. The molecule has 2 rings (SSSR count). The molecule has 21 heavy (non-hydrogen) atoms. The summed E-state index contributed by atoms with van der Waals surface area (Å²) in [5, 5.41) is 12.2. The zero-order valence-corrected chi connectivity index (χ0v) is 12.5. The summed E-state index contributed by atoms with van der Waals surface area (Å²) in [6.07, 6.45) is 0. The maximum Gasteiger partial charge on any atom is 0.155 e. The van der Waals surface area contributed by atoms with Crippen LogP contribution in [0.3, 0.4) is 0 Å². The number of hydrogen-bond acceptors (Lipinski definition) is 4. The summed E-state index contributed by atoms with van der Waals surface area (Å²) >= 11 is 0. The lowest BCUT2D eigenvalue weighted by Crippen LogP contribution is -2.18. The molecule has 0 saturated carbocycles. The maximum absolute atomic E-state index is 11.6. The van der Waals surface area contributed by atoms with Gasteiger partial charge in [-0.2, -0.15) is 0 Å². The Morgan fingerprint density at radius 2 is 1.57 bits per heavy atom. The smallest absolute Gasteiger partial charge is 0.155 e. The monoisotopic (exact) mass is 303 g/mol. The van der Waals surface area contributed by atoms with E-state index in [2.05, 4.69) is 5.16 Å². The molecule has 5 heteroatoms. The third kappa shape index (κ3) is 3.92. The van der Waals surface area contributed by atoms with Crippen molar-refractivity contribution in [2.24, 2.45) is 5.16 Å². The van der Waals surface area contributed by atoms with Gasteiger partial charge in [0.1, 0.15) is 5.71 Å². The minimum absolute atomic E-state index is 0.0219. The molecule has 4 nitrogen and oxygen atoms in total. The van der Waals surface area contributed by atoms with Gasteiger partial charge in [-0.15, -0.1) is 0 Å². The molecular formula is C16H17NO3S. The Balaban J connectivity index is 2.26. The van der Waals surface area contributed by atoms with E-state index in [4.69, 9.17) is 5.21 Å². The second-order valence-electron chi connectivity index (χ2n) is 4.67. The average molecular weight is 303 g/mol. The van der Waals surface area contributed by atoms with E-state index >= 15 is 0 Å². The molecule has 2 aromatic rings. The van der Waals surface area contributed by atoms with Crippen molar-refractivity contribution in [2.45, 2.75) is 6.92 Å². The molecule has 0 saturated heterocycles. The maximum atomic E-state index is 11.6. The van der Waals surface area contributed by atoms with Crippen LogP contribution in [0.1, 0.15) is 12.5 Å². The molecule has 0 unspecified atom stereocenters. The van der Waals surface area contributed by atoms with E-state index in [9.17, 15) is 8.42 Å². The van der Waals surface area contributed by atoms with Crippen LogP contribution in [0.15, 0.2) is 59.8 Å². The van der Waals surface area contributed by atoms with Crippen LogP contribution in [-0.4, -0.2) is 30.8 Å². The molecule has 0 aliphatic rings. The van der Waals surface area contributed by atoms with Crippen molar-refractivity contribution >= 4 is 15.5 Å². The number of nitrogens with zero attached hydrogens (tertiary/aromatic N) is 1. The van der Waals surface area contributed by atoms with Crippen molar-refractivity contribution in [3.63, 3.8) is 0 Å². The molecule has 0 heterocycles. The summed E-state index contributed by atoms with van der Waals surface area (Å²) in [6, 6.07) is 17.2. The average Bonchev–Trinajstić information content (AvgIpc) is 2.54. The van der Waals surface area contributed by atoms with Crippen LogP contribution >= 0.6 is 0 Å². The zero-order valence-electron chi connectivity index (χ0n) is 11.7. The van der Waals surface area contributed by atoms with E-state index in [1.807, 2.05) is 42.5 Å². The Hall–Kier alpha value is -2.14. The lowest BCUT2D eigenvalue weighted by molar-refractivity contribution is 0.319. The molecule has 0 aromatic heterocycles. The Morgan fingerprint density at radius 3 is 2.10 bits per heavy atom. The summed E-state index contributed by atoms with van der Waals surface area (Å²) in [6.45, 7) is 1.57. The van der Waals surface area contributed by atoms with Gasteiger partial charge in [-0.05, 0) is 11.1 Å². The van der Waals surface area contributed by atoms with Crippen molar-refractivity contribution in [1.82, 2.24) is 0 Å². The molecule has 0 atom stereocenters. The molecule has 0 aliphatic carbocycles. The first-order valence-electron chi connectivity index (χ1n) is 6.63. The van der Waals surface area contributed by atoms with Crippen LogP contribution in [0.2, 0.25) is 0 Å². The van der Waals surface area contributed by atoms with Gasteiger partial charge >= 0.3 is 0 Å². The van der Waals surface area contributed by atoms with Crippen LogP contribution < -0.4 is 0 Å². The Bertz CT molecular complexity index is 720. The Morgan fingerprint density at radius 1 is 1.00 bits per heavy atom. The topological polar surface area (TPSA) is 66.7 Å². The van der Waals surface area contributed by atoms with Crippen LogP contribution in [0.5, 0.6) is 0 Å². The first-order valence-corrected chi connectivity index (χ1v) is 8.45. The summed E-state index contributed by atoms with van der Waals surface area (Å²) < 4.78 is 23.3. The first kappa shape index (κ1) is 15.3. The predicted molar refractivity (Wildman–Crippen MR) is 84.5 cm³/mol. The third-order valence-electron chi connectivity index (χ3n) is 3.24. The third-order valence-corrected chi connectivity index (χ3v) is 4.84.